The zero-order valence-electron chi connectivity index (χ0n) is 8.87. The van der Waals surface area contributed by atoms with Crippen LogP contribution in [-0.4, -0.2) is 50.1 Å². The Hall–Kier alpha value is 0.630. The smallest absolute Gasteiger partial charge is 0.855 e. The van der Waals surface area contributed by atoms with Crippen molar-refractivity contribution < 1.29 is 20.4 Å². The molecule has 0 amide bonds. The van der Waals surface area contributed by atoms with Gasteiger partial charge >= 0.3 is 23.7 Å². The maximum absolute atomic E-state index is 8.93. The van der Waals surface area contributed by atoms with Gasteiger partial charge in [0.2, 0.25) is 0 Å². The van der Waals surface area contributed by atoms with E-state index >= 15 is 0 Å². The second-order valence-electron chi connectivity index (χ2n) is 1.15. The molecule has 5 heteroatoms. The minimum absolute atomic E-state index is 0. The summed E-state index contributed by atoms with van der Waals surface area (Å²) in [5, 5.41) is 35.7. The molecule has 0 bridgehead atoms. The minimum atomic E-state index is 0. The fourth-order valence-electron chi connectivity index (χ4n) is 0. The Morgan fingerprint density at radius 2 is 0.538 bits per heavy atom. The van der Waals surface area contributed by atoms with Gasteiger partial charge in [-0.1, -0.05) is 27.7 Å². The molecule has 0 atom stereocenters. The predicted octanol–water partition coefficient (Wildman–Crippen LogP) is -2.91. The Morgan fingerprint density at radius 1 is 0.538 bits per heavy atom. The van der Waals surface area contributed by atoms with Crippen LogP contribution in [-0.2, 0) is 0 Å². The van der Waals surface area contributed by atoms with Crippen molar-refractivity contribution in [3.63, 3.8) is 0 Å². The van der Waals surface area contributed by atoms with E-state index < -0.39 is 0 Å². The van der Waals surface area contributed by atoms with E-state index in [1.165, 1.54) is 0 Å². The van der Waals surface area contributed by atoms with Crippen molar-refractivity contribution in [1.29, 1.82) is 0 Å². The molecule has 13 heavy (non-hydrogen) atoms. The largest absolute Gasteiger partial charge is 4.00 e. The summed E-state index contributed by atoms with van der Waals surface area (Å²) in [7, 11) is 0. The van der Waals surface area contributed by atoms with E-state index in [4.69, 9.17) is 20.4 Å². The molecule has 0 aliphatic rings. The number of hydrogen-bond donors (Lipinski definition) is 0. The number of hydrogen-bond acceptors (Lipinski definition) is 4. The molecule has 0 rings (SSSR count). The predicted molar refractivity (Wildman–Crippen MR) is 47.9 cm³/mol. The van der Waals surface area contributed by atoms with E-state index in [1.54, 1.807) is 27.7 Å². The van der Waals surface area contributed by atoms with Crippen LogP contribution < -0.4 is 20.4 Å². The normalized spacial score (nSPS) is 5.54. The van der Waals surface area contributed by atoms with Gasteiger partial charge in [-0.2, -0.15) is 0 Å². The summed E-state index contributed by atoms with van der Waals surface area (Å²) in [6.07, 6.45) is 0. The molecule has 0 spiro atoms. The van der Waals surface area contributed by atoms with Crippen LogP contribution in [0.1, 0.15) is 27.7 Å². The van der Waals surface area contributed by atoms with Gasteiger partial charge in [0.1, 0.15) is 0 Å². The van der Waals surface area contributed by atoms with E-state index in [0.29, 0.717) is 0 Å². The molecule has 0 aliphatic heterocycles. The quantitative estimate of drug-likeness (QED) is 0.448. The first-order valence-electron chi connectivity index (χ1n) is 3.98. The monoisotopic (exact) mass is 310 g/mol. The molecule has 0 aromatic carbocycles. The van der Waals surface area contributed by atoms with Crippen molar-refractivity contribution in [3.8, 4) is 0 Å². The van der Waals surface area contributed by atoms with Gasteiger partial charge < -0.3 is 20.4 Å². The molecule has 0 saturated carbocycles. The average Bonchev–Trinajstić information content (AvgIpc) is 1.92. The zero-order chi connectivity index (χ0) is 10.8. The van der Waals surface area contributed by atoms with E-state index in [2.05, 4.69) is 0 Å². The van der Waals surface area contributed by atoms with Crippen LogP contribution in [0.25, 0.3) is 0 Å². The van der Waals surface area contributed by atoms with Gasteiger partial charge in [0.15, 0.2) is 0 Å². The second kappa shape index (κ2) is 79.7. The molecule has 0 N–H and O–H groups in total. The molecule has 0 heterocycles. The average molecular weight is 308 g/mol. The van der Waals surface area contributed by atoms with Gasteiger partial charge in [-0.05, 0) is 0 Å². The molecule has 0 unspecified atom stereocenters. The Balaban J connectivity index is -0.0000000213. The van der Waals surface area contributed by atoms with E-state index in [0.717, 1.165) is 0 Å². The maximum atomic E-state index is 8.93. The van der Waals surface area contributed by atoms with E-state index in [-0.39, 0.29) is 50.1 Å². The maximum Gasteiger partial charge on any atom is 4.00 e. The third-order valence-electron chi connectivity index (χ3n) is 0. The van der Waals surface area contributed by atoms with Crippen LogP contribution in [0.15, 0.2) is 0 Å². The Bertz CT molecular complexity index is 24.1. The first kappa shape index (κ1) is 29.2. The van der Waals surface area contributed by atoms with Crippen molar-refractivity contribution in [2.75, 3.05) is 26.4 Å². The summed E-state index contributed by atoms with van der Waals surface area (Å²) in [6.45, 7) is 6.28. The van der Waals surface area contributed by atoms with Gasteiger partial charge in [-0.3, -0.25) is 0 Å². The summed E-state index contributed by atoms with van der Waals surface area (Å²) >= 11 is 0. The van der Waals surface area contributed by atoms with E-state index in [9.17, 15) is 0 Å². The van der Waals surface area contributed by atoms with Crippen LogP contribution in [0.5, 0.6) is 0 Å². The number of rotatable bonds is 0. The van der Waals surface area contributed by atoms with Gasteiger partial charge in [0.25, 0.3) is 0 Å². The summed E-state index contributed by atoms with van der Waals surface area (Å²) in [4.78, 5) is 0. The zero-order valence-corrected chi connectivity index (χ0v) is 11.2. The molecular weight excluding hydrogens is 288 g/mol. The van der Waals surface area contributed by atoms with Gasteiger partial charge in [0, 0.05) is 0 Å². The summed E-state index contributed by atoms with van der Waals surface area (Å²) < 4.78 is 0. The molecule has 0 fully saturated rings. The first-order valence-corrected chi connectivity index (χ1v) is 3.98. The van der Waals surface area contributed by atoms with Crippen molar-refractivity contribution in [2.24, 2.45) is 0 Å². The van der Waals surface area contributed by atoms with Crippen molar-refractivity contribution >= 4 is 23.7 Å². The molecule has 82 valence electrons. The topological polar surface area (TPSA) is 92.2 Å². The van der Waals surface area contributed by atoms with Gasteiger partial charge in [-0.25, -0.2) is 0 Å². The van der Waals surface area contributed by atoms with Crippen molar-refractivity contribution in [1.82, 2.24) is 0 Å². The van der Waals surface area contributed by atoms with E-state index in [1.807, 2.05) is 0 Å². The molecular formula is C8H20O4Te. The van der Waals surface area contributed by atoms with Crippen LogP contribution in [0.3, 0.4) is 0 Å². The van der Waals surface area contributed by atoms with Crippen LogP contribution >= 0.6 is 0 Å². The minimum Gasteiger partial charge on any atom is -0.855 e. The molecule has 0 aromatic heterocycles. The fraction of sp³-hybridized carbons (Fsp3) is 1.00. The standard InChI is InChI=1S/4C2H5O.Te/c4*1-2-3;/h4*2H2,1H3;/q4*-1;+4. The summed E-state index contributed by atoms with van der Waals surface area (Å²) in [5.74, 6) is 0. The summed E-state index contributed by atoms with van der Waals surface area (Å²) in [5.41, 5.74) is 0. The fourth-order valence-corrected chi connectivity index (χ4v) is 0. The Kier molecular flexibility index (Phi) is 179. The first-order chi connectivity index (χ1) is 5.66. The van der Waals surface area contributed by atoms with Gasteiger partial charge in [0.05, 0.1) is 0 Å². The van der Waals surface area contributed by atoms with Crippen LogP contribution in [0.4, 0.5) is 0 Å². The molecule has 2 radical (unpaired) electrons. The molecule has 0 saturated heterocycles. The SMILES string of the molecule is CC[O-].CC[O-].CC[O-].CC[O-].[Te+4]. The van der Waals surface area contributed by atoms with Crippen molar-refractivity contribution in [2.45, 2.75) is 27.7 Å². The molecule has 0 aromatic rings. The Labute approximate surface area is 98.3 Å². The third-order valence-corrected chi connectivity index (χ3v) is 0. The van der Waals surface area contributed by atoms with Gasteiger partial charge in [-0.15, -0.1) is 26.4 Å². The molecule has 0 aliphatic carbocycles. The summed E-state index contributed by atoms with van der Waals surface area (Å²) in [6, 6.07) is 0. The Morgan fingerprint density at radius 3 is 0.538 bits per heavy atom. The van der Waals surface area contributed by atoms with Crippen LogP contribution in [0.2, 0.25) is 0 Å². The second-order valence-corrected chi connectivity index (χ2v) is 1.15. The third kappa shape index (κ3) is 3600. The molecule has 4 nitrogen and oxygen atoms in total. The van der Waals surface area contributed by atoms with Crippen molar-refractivity contribution in [3.05, 3.63) is 0 Å². The van der Waals surface area contributed by atoms with Crippen LogP contribution in [0, 0.1) is 0 Å².